The zero-order valence-corrected chi connectivity index (χ0v) is 10.4. The Balaban J connectivity index is 2.34. The van der Waals surface area contributed by atoms with E-state index in [0.29, 0.717) is 11.3 Å². The molecular formula is C10H3F6N3OS. The van der Waals surface area contributed by atoms with E-state index in [1.165, 1.54) is 0 Å². The highest BCUT2D eigenvalue weighted by molar-refractivity contribution is 7.10. The Morgan fingerprint density at radius 1 is 1.10 bits per heavy atom. The van der Waals surface area contributed by atoms with Crippen LogP contribution in [0.3, 0.4) is 0 Å². The maximum Gasteiger partial charge on any atom is 0.432 e. The Bertz CT molecular complexity index is 796. The predicted molar refractivity (Wildman–Crippen MR) is 59.5 cm³/mol. The highest BCUT2D eigenvalue weighted by Gasteiger charge is 2.42. The van der Waals surface area contributed by atoms with Crippen molar-refractivity contribution in [3.8, 4) is 11.1 Å². The number of alkyl halides is 6. The lowest BCUT2D eigenvalue weighted by atomic mass is 10.1. The van der Waals surface area contributed by atoms with Gasteiger partial charge >= 0.3 is 12.4 Å². The van der Waals surface area contributed by atoms with E-state index in [1.54, 1.807) is 0 Å². The van der Waals surface area contributed by atoms with Gasteiger partial charge < -0.3 is 9.51 Å². The largest absolute Gasteiger partial charge is 0.432 e. The van der Waals surface area contributed by atoms with E-state index >= 15 is 0 Å². The number of halogens is 6. The average Bonchev–Trinajstić information content (AvgIpc) is 3.00. The number of nitrogens with one attached hydrogen (secondary N) is 1. The normalized spacial score (nSPS) is 13.2. The molecule has 3 rings (SSSR count). The summed E-state index contributed by atoms with van der Waals surface area (Å²) in [5.74, 6) is 0. The predicted octanol–water partition coefficient (Wildman–Crippen LogP) is 4.32. The molecule has 3 heterocycles. The lowest BCUT2D eigenvalue weighted by Gasteiger charge is -2.10. The fourth-order valence-corrected chi connectivity index (χ4v) is 2.70. The number of hydrogen-bond acceptors (Lipinski definition) is 4. The highest BCUT2D eigenvalue weighted by atomic mass is 32.1. The summed E-state index contributed by atoms with van der Waals surface area (Å²) in [6.45, 7) is 0. The van der Waals surface area contributed by atoms with Crippen LogP contribution in [0, 0.1) is 0 Å². The average molecular weight is 327 g/mol. The molecule has 4 nitrogen and oxygen atoms in total. The van der Waals surface area contributed by atoms with E-state index in [0.717, 1.165) is 11.4 Å². The molecule has 0 unspecified atom stereocenters. The summed E-state index contributed by atoms with van der Waals surface area (Å²) in [6.07, 6.45) is -9.66. The molecule has 0 aliphatic carbocycles. The van der Waals surface area contributed by atoms with Gasteiger partial charge in [-0.25, -0.2) is 0 Å². The molecule has 0 aliphatic heterocycles. The summed E-state index contributed by atoms with van der Waals surface area (Å²) in [7, 11) is 0. The first-order valence-corrected chi connectivity index (χ1v) is 6.14. The summed E-state index contributed by atoms with van der Waals surface area (Å²) in [4.78, 5) is 0.748. The van der Waals surface area contributed by atoms with E-state index < -0.39 is 39.6 Å². The van der Waals surface area contributed by atoms with Gasteiger partial charge in [0, 0.05) is 10.8 Å². The van der Waals surface area contributed by atoms with Gasteiger partial charge in [0.2, 0.25) is 11.2 Å². The van der Waals surface area contributed by atoms with Gasteiger partial charge in [0.15, 0.2) is 0 Å². The molecule has 21 heavy (non-hydrogen) atoms. The first kappa shape index (κ1) is 13.9. The van der Waals surface area contributed by atoms with Crippen molar-refractivity contribution < 1.29 is 30.9 Å². The van der Waals surface area contributed by atoms with Crippen molar-refractivity contribution in [3.05, 3.63) is 22.0 Å². The van der Waals surface area contributed by atoms with Crippen LogP contribution in [0.4, 0.5) is 26.3 Å². The number of fused-ring (bicyclic) bond motifs is 1. The number of thiophene rings is 1. The summed E-state index contributed by atoms with van der Waals surface area (Å²) in [5.41, 5.74) is -3.54. The highest BCUT2D eigenvalue weighted by Crippen LogP contribution is 2.47. The second kappa shape index (κ2) is 4.23. The van der Waals surface area contributed by atoms with Gasteiger partial charge in [-0.05, 0) is 11.4 Å². The van der Waals surface area contributed by atoms with E-state index in [1.807, 2.05) is 4.98 Å². The fraction of sp³-hybridized carbons (Fsp3) is 0.200. The number of rotatable bonds is 1. The first-order valence-electron chi connectivity index (χ1n) is 5.26. The molecular weight excluding hydrogens is 324 g/mol. The van der Waals surface area contributed by atoms with Crippen LogP contribution >= 0.6 is 11.3 Å². The molecule has 1 N–H and O–H groups in total. The Labute approximate surface area is 115 Å². The second-order valence-corrected chi connectivity index (χ2v) is 4.90. The van der Waals surface area contributed by atoms with Gasteiger partial charge in [-0.2, -0.15) is 26.3 Å². The number of aromatic nitrogens is 3. The zero-order valence-electron chi connectivity index (χ0n) is 9.63. The van der Waals surface area contributed by atoms with Crippen LogP contribution in [0.25, 0.3) is 22.4 Å². The molecule has 0 saturated heterocycles. The molecule has 0 spiro atoms. The zero-order chi connectivity index (χ0) is 15.4. The van der Waals surface area contributed by atoms with Gasteiger partial charge in [-0.15, -0.1) is 11.3 Å². The van der Waals surface area contributed by atoms with Gasteiger partial charge in [-0.1, -0.05) is 5.10 Å². The van der Waals surface area contributed by atoms with Crippen LogP contribution in [0.15, 0.2) is 16.0 Å². The minimum Gasteiger partial charge on any atom is -0.334 e. The Hall–Kier alpha value is -2.04. The van der Waals surface area contributed by atoms with E-state index in [2.05, 4.69) is 14.9 Å². The van der Waals surface area contributed by atoms with Crippen LogP contribution in [-0.2, 0) is 12.4 Å². The van der Waals surface area contributed by atoms with Gasteiger partial charge in [0.1, 0.15) is 10.6 Å². The molecule has 3 aromatic heterocycles. The summed E-state index contributed by atoms with van der Waals surface area (Å²) < 4.78 is 82.2. The minimum absolute atomic E-state index is 0.296. The van der Waals surface area contributed by atoms with Gasteiger partial charge in [-0.3, -0.25) is 0 Å². The Morgan fingerprint density at radius 3 is 2.43 bits per heavy atom. The van der Waals surface area contributed by atoms with Crippen molar-refractivity contribution in [1.29, 1.82) is 0 Å². The molecule has 0 radical (unpaired) electrons. The van der Waals surface area contributed by atoms with Crippen LogP contribution in [0.5, 0.6) is 0 Å². The molecule has 0 aliphatic rings. The third kappa shape index (κ3) is 2.17. The Kier molecular flexibility index (Phi) is 2.80. The number of hydrogen-bond donors (Lipinski definition) is 1. The summed E-state index contributed by atoms with van der Waals surface area (Å²) in [5, 5.41) is 7.37. The SMILES string of the molecule is FC(F)(F)c1[nH]c2nnoc2c1-c1ccsc1C(F)(F)F. The molecule has 0 bridgehead atoms. The van der Waals surface area contributed by atoms with Crippen molar-refractivity contribution >= 4 is 22.6 Å². The quantitative estimate of drug-likeness (QED) is 0.677. The summed E-state index contributed by atoms with van der Waals surface area (Å²) in [6, 6.07) is 0.952. The summed E-state index contributed by atoms with van der Waals surface area (Å²) >= 11 is 0.296. The van der Waals surface area contributed by atoms with E-state index in [4.69, 9.17) is 0 Å². The standard InChI is InChI=1S/C10H3F6N3OS/c11-9(12,13)6-4(5-8(17-6)18-19-20-5)3-1-2-21-7(3)10(14,15)16/h1-2,17H. The van der Waals surface area contributed by atoms with E-state index in [9.17, 15) is 26.3 Å². The molecule has 3 aromatic rings. The smallest absolute Gasteiger partial charge is 0.334 e. The molecule has 0 amide bonds. The lowest BCUT2D eigenvalue weighted by Crippen LogP contribution is -2.09. The van der Waals surface area contributed by atoms with Gasteiger partial charge in [0.25, 0.3) is 0 Å². The van der Waals surface area contributed by atoms with Crippen molar-refractivity contribution in [2.45, 2.75) is 12.4 Å². The fourth-order valence-electron chi connectivity index (χ4n) is 1.93. The van der Waals surface area contributed by atoms with Crippen molar-refractivity contribution in [1.82, 2.24) is 15.4 Å². The van der Waals surface area contributed by atoms with Crippen molar-refractivity contribution in [2.24, 2.45) is 0 Å². The molecule has 0 aromatic carbocycles. The van der Waals surface area contributed by atoms with Crippen LogP contribution < -0.4 is 0 Å². The second-order valence-electron chi connectivity index (χ2n) is 3.98. The number of H-pyrrole nitrogens is 1. The monoisotopic (exact) mass is 327 g/mol. The molecule has 112 valence electrons. The van der Waals surface area contributed by atoms with Crippen LogP contribution in [0.2, 0.25) is 0 Å². The molecule has 0 atom stereocenters. The number of aromatic amines is 1. The molecule has 0 fully saturated rings. The minimum atomic E-state index is -4.89. The van der Waals surface area contributed by atoms with Crippen molar-refractivity contribution in [2.75, 3.05) is 0 Å². The number of nitrogens with zero attached hydrogens (tertiary/aromatic N) is 2. The third-order valence-electron chi connectivity index (χ3n) is 2.68. The van der Waals surface area contributed by atoms with E-state index in [-0.39, 0.29) is 5.65 Å². The maximum atomic E-state index is 13.0. The van der Waals surface area contributed by atoms with Crippen LogP contribution in [-0.4, -0.2) is 15.4 Å². The van der Waals surface area contributed by atoms with Crippen LogP contribution in [0.1, 0.15) is 10.6 Å². The first-order chi connectivity index (χ1) is 9.69. The lowest BCUT2D eigenvalue weighted by molar-refractivity contribution is -0.140. The molecule has 11 heteroatoms. The molecule has 0 saturated carbocycles. The topological polar surface area (TPSA) is 54.7 Å². The Morgan fingerprint density at radius 2 is 1.81 bits per heavy atom. The maximum absolute atomic E-state index is 13.0. The van der Waals surface area contributed by atoms with Gasteiger partial charge in [0.05, 0.1) is 5.56 Å². The van der Waals surface area contributed by atoms with Crippen molar-refractivity contribution in [3.63, 3.8) is 0 Å². The third-order valence-corrected chi connectivity index (χ3v) is 3.64.